The highest BCUT2D eigenvalue weighted by Crippen LogP contribution is 2.61. The van der Waals surface area contributed by atoms with Crippen LogP contribution in [0.4, 0.5) is 11.4 Å². The monoisotopic (exact) mass is 459 g/mol. The van der Waals surface area contributed by atoms with E-state index in [2.05, 4.69) is 40.7 Å². The van der Waals surface area contributed by atoms with Crippen LogP contribution in [0.2, 0.25) is 0 Å². The zero-order valence-electron chi connectivity index (χ0n) is 17.4. The fourth-order valence-corrected chi connectivity index (χ4v) is 5.36. The molecule has 1 unspecified atom stereocenters. The van der Waals surface area contributed by atoms with Crippen molar-refractivity contribution < 1.29 is 9.45 Å². The number of hydrogen-bond donors (Lipinski definition) is 3. The van der Waals surface area contributed by atoms with E-state index in [1.54, 1.807) is 30.0 Å². The lowest BCUT2D eigenvalue weighted by molar-refractivity contribution is -0.383. The highest BCUT2D eigenvalue weighted by Gasteiger charge is 2.42. The smallest absolute Gasteiger partial charge is 0.303 e. The summed E-state index contributed by atoms with van der Waals surface area (Å²) in [6.45, 7) is 7.97. The van der Waals surface area contributed by atoms with Gasteiger partial charge in [-0.1, -0.05) is 19.2 Å². The standard InChI is InChI=1S/C14H24N4O3PS.C5H8S/c1-17(2)9-3-7-15-13-6-5-12(11-14(13)18(19)20)22(23)16-8-4-10-21-22;1-4-5(2)6-3/h5-6,11,15-16,23H,3-4,7-10H2,1-2H3;4H,1-2H2,3H3/q+1;. The summed E-state index contributed by atoms with van der Waals surface area (Å²) in [4.78, 5) is 14.1. The maximum absolute atomic E-state index is 11.4. The van der Waals surface area contributed by atoms with Gasteiger partial charge in [0, 0.05) is 13.1 Å². The van der Waals surface area contributed by atoms with Gasteiger partial charge in [-0.2, -0.15) is 5.09 Å². The average Bonchev–Trinajstić information content (AvgIpc) is 2.71. The lowest BCUT2D eigenvalue weighted by Crippen LogP contribution is -2.30. The van der Waals surface area contributed by atoms with Crippen LogP contribution in [0.1, 0.15) is 12.8 Å². The molecule has 1 atom stereocenters. The topological polar surface area (TPSA) is 79.7 Å². The van der Waals surface area contributed by atoms with E-state index < -0.39 is 6.84 Å². The van der Waals surface area contributed by atoms with Gasteiger partial charge in [0.2, 0.25) is 0 Å². The second-order valence-corrected chi connectivity index (χ2v) is 11.5. The van der Waals surface area contributed by atoms with Gasteiger partial charge in [0.15, 0.2) is 5.30 Å². The fourth-order valence-electron chi connectivity index (χ4n) is 2.42. The van der Waals surface area contributed by atoms with Crippen LogP contribution in [0.15, 0.2) is 42.3 Å². The number of thiol groups is 1. The predicted molar refractivity (Wildman–Crippen MR) is 132 cm³/mol. The number of hydrogen-bond acceptors (Lipinski definition) is 8. The number of nitrogens with zero attached hydrogens (tertiary/aromatic N) is 2. The molecule has 0 aliphatic carbocycles. The first-order chi connectivity index (χ1) is 13.7. The third-order valence-electron chi connectivity index (χ3n) is 4.04. The molecule has 0 bridgehead atoms. The molecule has 0 amide bonds. The van der Waals surface area contributed by atoms with Crippen LogP contribution >= 0.6 is 30.9 Å². The summed E-state index contributed by atoms with van der Waals surface area (Å²) < 4.78 is 5.77. The Morgan fingerprint density at radius 1 is 1.55 bits per heavy atom. The van der Waals surface area contributed by atoms with Crippen molar-refractivity contribution in [2.75, 3.05) is 51.9 Å². The number of allylic oxidation sites excluding steroid dienone is 1. The van der Waals surface area contributed by atoms with E-state index in [-0.39, 0.29) is 10.6 Å². The molecule has 1 saturated heterocycles. The van der Waals surface area contributed by atoms with Gasteiger partial charge in [0.1, 0.15) is 5.69 Å². The average molecular weight is 460 g/mol. The molecular weight excluding hydrogens is 427 g/mol. The molecular formula is C19H32N4O3PS2+. The van der Waals surface area contributed by atoms with E-state index in [4.69, 9.17) is 4.52 Å². The predicted octanol–water partition coefficient (Wildman–Crippen LogP) is 4.34. The van der Waals surface area contributed by atoms with Gasteiger partial charge in [-0.05, 0) is 56.8 Å². The van der Waals surface area contributed by atoms with Crippen molar-refractivity contribution >= 4 is 47.5 Å². The third-order valence-corrected chi connectivity index (χ3v) is 8.38. The number of thioether (sulfide) groups is 1. The number of nitro groups is 1. The van der Waals surface area contributed by atoms with Gasteiger partial charge in [0.05, 0.1) is 29.8 Å². The van der Waals surface area contributed by atoms with Crippen molar-refractivity contribution in [1.29, 1.82) is 0 Å². The Morgan fingerprint density at radius 2 is 2.28 bits per heavy atom. The van der Waals surface area contributed by atoms with Crippen LogP contribution in [0.5, 0.6) is 0 Å². The molecule has 29 heavy (non-hydrogen) atoms. The molecule has 1 aliphatic heterocycles. The van der Waals surface area contributed by atoms with Crippen LogP contribution in [0.25, 0.3) is 0 Å². The summed E-state index contributed by atoms with van der Waals surface area (Å²) in [6.07, 6.45) is 5.56. The quantitative estimate of drug-likeness (QED) is 0.127. The van der Waals surface area contributed by atoms with Crippen LogP contribution in [-0.2, 0) is 4.52 Å². The lowest BCUT2D eigenvalue weighted by Gasteiger charge is -2.24. The Labute approximate surface area is 184 Å². The van der Waals surface area contributed by atoms with Crippen LogP contribution < -0.4 is 15.7 Å². The number of nitrogens with one attached hydrogen (secondary N) is 2. The molecule has 1 aromatic rings. The molecule has 0 radical (unpaired) electrons. The Balaban J connectivity index is 0.000000612. The van der Waals surface area contributed by atoms with Crippen LogP contribution in [0.3, 0.4) is 0 Å². The summed E-state index contributed by atoms with van der Waals surface area (Å²) in [7, 11) is 4.01. The van der Waals surface area contributed by atoms with Gasteiger partial charge < -0.3 is 10.2 Å². The highest BCUT2D eigenvalue weighted by atomic mass is 32.7. The molecule has 2 N–H and O–H groups in total. The first-order valence-corrected chi connectivity index (χ1v) is 13.4. The van der Waals surface area contributed by atoms with E-state index >= 15 is 0 Å². The minimum atomic E-state index is -2.24. The normalized spacial score (nSPS) is 18.5. The van der Waals surface area contributed by atoms with Crippen molar-refractivity contribution in [3.63, 3.8) is 0 Å². The van der Waals surface area contributed by atoms with Gasteiger partial charge in [-0.15, -0.1) is 11.8 Å². The summed E-state index contributed by atoms with van der Waals surface area (Å²) in [6, 6.07) is 5.19. The minimum absolute atomic E-state index is 0.0664. The summed E-state index contributed by atoms with van der Waals surface area (Å²) >= 11 is 6.24. The van der Waals surface area contributed by atoms with E-state index in [0.717, 1.165) is 36.1 Å². The number of nitro benzene ring substituents is 1. The molecule has 2 rings (SSSR count). The Kier molecular flexibility index (Phi) is 11.9. The Morgan fingerprint density at radius 3 is 2.76 bits per heavy atom. The van der Waals surface area contributed by atoms with Gasteiger partial charge >= 0.3 is 6.84 Å². The molecule has 1 heterocycles. The summed E-state index contributed by atoms with van der Waals surface area (Å²) in [5, 5.41) is 18.6. The molecule has 162 valence electrons. The second-order valence-electron chi connectivity index (χ2n) is 6.59. The van der Waals surface area contributed by atoms with Crippen LogP contribution in [-0.4, -0.2) is 56.4 Å². The Hall–Kier alpha value is -1.09. The molecule has 10 heteroatoms. The number of rotatable bonds is 9. The van der Waals surface area contributed by atoms with Gasteiger partial charge in [0.25, 0.3) is 5.69 Å². The molecule has 0 aromatic heterocycles. The van der Waals surface area contributed by atoms with Gasteiger partial charge in [-0.3, -0.25) is 10.1 Å². The molecule has 0 saturated carbocycles. The SMILES string of the molecule is C=CC(=C)SC.CN(C)CCCNc1ccc([P+]2(S)NCCCO2)cc1[N+](=O)[O-]. The summed E-state index contributed by atoms with van der Waals surface area (Å²) in [5.74, 6) is 0. The lowest BCUT2D eigenvalue weighted by atomic mass is 10.2. The largest absolute Gasteiger partial charge is 0.379 e. The molecule has 1 aromatic carbocycles. The van der Waals surface area contributed by atoms with Crippen molar-refractivity contribution in [3.05, 3.63) is 52.5 Å². The van der Waals surface area contributed by atoms with E-state index in [9.17, 15) is 10.1 Å². The number of benzene rings is 1. The third kappa shape index (κ3) is 9.07. The highest BCUT2D eigenvalue weighted by molar-refractivity contribution is 8.53. The van der Waals surface area contributed by atoms with E-state index in [1.165, 1.54) is 0 Å². The van der Waals surface area contributed by atoms with Crippen LogP contribution in [0, 0.1) is 10.1 Å². The van der Waals surface area contributed by atoms with Crippen molar-refractivity contribution in [1.82, 2.24) is 9.99 Å². The molecule has 1 fully saturated rings. The fraction of sp³-hybridized carbons (Fsp3) is 0.474. The first-order valence-electron chi connectivity index (χ1n) is 9.28. The molecule has 0 spiro atoms. The second kappa shape index (κ2) is 13.3. The van der Waals surface area contributed by atoms with Crippen molar-refractivity contribution in [2.24, 2.45) is 0 Å². The van der Waals surface area contributed by atoms with E-state index in [1.807, 2.05) is 26.4 Å². The summed E-state index contributed by atoms with van der Waals surface area (Å²) in [5.41, 5.74) is 0.603. The number of anilines is 1. The Bertz CT molecular complexity index is 698. The van der Waals surface area contributed by atoms with Crippen molar-refractivity contribution in [2.45, 2.75) is 12.8 Å². The van der Waals surface area contributed by atoms with Gasteiger partial charge in [-0.25, -0.2) is 4.52 Å². The minimum Gasteiger partial charge on any atom is -0.379 e. The molecule has 7 nitrogen and oxygen atoms in total. The first kappa shape index (κ1) is 25.9. The zero-order valence-corrected chi connectivity index (χ0v) is 20.0. The zero-order chi connectivity index (χ0) is 21.9. The molecule has 1 aliphatic rings. The maximum atomic E-state index is 11.4. The maximum Gasteiger partial charge on any atom is 0.303 e. The van der Waals surface area contributed by atoms with E-state index in [0.29, 0.717) is 18.8 Å². The van der Waals surface area contributed by atoms with Crippen molar-refractivity contribution in [3.8, 4) is 0 Å².